The van der Waals surface area contributed by atoms with Gasteiger partial charge in [-0.2, -0.15) is 0 Å². The highest BCUT2D eigenvalue weighted by molar-refractivity contribution is 9.10. The number of anilines is 1. The van der Waals surface area contributed by atoms with E-state index in [-0.39, 0.29) is 11.7 Å². The van der Waals surface area contributed by atoms with Crippen LogP contribution in [-0.4, -0.2) is 11.9 Å². The minimum atomic E-state index is -0.471. The first-order chi connectivity index (χ1) is 9.56. The number of ether oxygens (including phenoxy) is 1. The van der Waals surface area contributed by atoms with Crippen LogP contribution in [0.4, 0.5) is 5.69 Å². The van der Waals surface area contributed by atoms with Gasteiger partial charge in [0.05, 0.1) is 5.56 Å². The number of nitrogens with one attached hydrogen (secondary N) is 1. The summed E-state index contributed by atoms with van der Waals surface area (Å²) in [7, 11) is 0. The first kappa shape index (κ1) is 14.3. The summed E-state index contributed by atoms with van der Waals surface area (Å²) in [5.41, 5.74) is 0.963. The van der Waals surface area contributed by atoms with Crippen LogP contribution in [0.1, 0.15) is 17.3 Å². The van der Waals surface area contributed by atoms with Crippen LogP contribution in [0.3, 0.4) is 0 Å². The van der Waals surface area contributed by atoms with Gasteiger partial charge in [0.1, 0.15) is 5.75 Å². The van der Waals surface area contributed by atoms with Crippen LogP contribution in [0.15, 0.2) is 53.0 Å². The van der Waals surface area contributed by atoms with Gasteiger partial charge in [-0.15, -0.1) is 0 Å². The topological polar surface area (TPSA) is 55.4 Å². The number of benzene rings is 2. The zero-order chi connectivity index (χ0) is 14.5. The Morgan fingerprint density at radius 2 is 1.80 bits per heavy atom. The molecule has 20 heavy (non-hydrogen) atoms. The summed E-state index contributed by atoms with van der Waals surface area (Å²) in [5, 5.41) is 2.75. The minimum absolute atomic E-state index is 0.231. The Morgan fingerprint density at radius 3 is 2.45 bits per heavy atom. The van der Waals surface area contributed by atoms with Gasteiger partial charge >= 0.3 is 5.97 Å². The highest BCUT2D eigenvalue weighted by atomic mass is 79.9. The van der Waals surface area contributed by atoms with Crippen molar-refractivity contribution in [2.45, 2.75) is 6.92 Å². The van der Waals surface area contributed by atoms with Crippen LogP contribution in [0.5, 0.6) is 5.75 Å². The van der Waals surface area contributed by atoms with Gasteiger partial charge in [0.25, 0.3) is 5.91 Å². The van der Waals surface area contributed by atoms with Crippen molar-refractivity contribution >= 4 is 33.5 Å². The Labute approximate surface area is 124 Å². The molecule has 0 aromatic heterocycles. The van der Waals surface area contributed by atoms with Crippen LogP contribution < -0.4 is 10.1 Å². The zero-order valence-corrected chi connectivity index (χ0v) is 12.3. The van der Waals surface area contributed by atoms with Gasteiger partial charge in [-0.05, 0) is 30.3 Å². The van der Waals surface area contributed by atoms with Gasteiger partial charge in [0, 0.05) is 17.1 Å². The molecule has 0 fully saturated rings. The SMILES string of the molecule is CC(=O)Oc1ccc(Br)cc1C(=O)Nc1ccccc1. The predicted molar refractivity (Wildman–Crippen MR) is 79.8 cm³/mol. The second kappa shape index (κ2) is 6.34. The number of hydrogen-bond acceptors (Lipinski definition) is 3. The van der Waals surface area contributed by atoms with E-state index in [0.717, 1.165) is 4.47 Å². The maximum absolute atomic E-state index is 12.2. The van der Waals surface area contributed by atoms with Gasteiger partial charge in [0.15, 0.2) is 0 Å². The number of halogens is 1. The van der Waals surface area contributed by atoms with E-state index in [1.165, 1.54) is 6.92 Å². The molecule has 5 heteroatoms. The molecular formula is C15H12BrNO3. The van der Waals surface area contributed by atoms with E-state index in [1.807, 2.05) is 18.2 Å². The number of carbonyl (C=O) groups excluding carboxylic acids is 2. The molecule has 0 radical (unpaired) electrons. The standard InChI is InChI=1S/C15H12BrNO3/c1-10(18)20-14-8-7-11(16)9-13(14)15(19)17-12-5-3-2-4-6-12/h2-9H,1H3,(H,17,19). The molecule has 1 amide bonds. The van der Waals surface area contributed by atoms with Crippen molar-refractivity contribution in [2.24, 2.45) is 0 Å². The van der Waals surface area contributed by atoms with E-state index in [0.29, 0.717) is 11.3 Å². The summed E-state index contributed by atoms with van der Waals surface area (Å²) in [6.07, 6.45) is 0. The van der Waals surface area contributed by atoms with Crippen molar-refractivity contribution < 1.29 is 14.3 Å². The third kappa shape index (κ3) is 3.68. The lowest BCUT2D eigenvalue weighted by Crippen LogP contribution is -2.14. The number of rotatable bonds is 3. The number of amides is 1. The quantitative estimate of drug-likeness (QED) is 0.689. The molecule has 0 bridgehead atoms. The lowest BCUT2D eigenvalue weighted by Gasteiger charge is -2.10. The molecule has 102 valence electrons. The summed E-state index contributed by atoms with van der Waals surface area (Å²) in [4.78, 5) is 23.3. The monoisotopic (exact) mass is 333 g/mol. The Balaban J connectivity index is 2.28. The van der Waals surface area contributed by atoms with E-state index >= 15 is 0 Å². The smallest absolute Gasteiger partial charge is 0.308 e. The number of esters is 1. The van der Waals surface area contributed by atoms with Crippen molar-refractivity contribution in [1.82, 2.24) is 0 Å². The Hall–Kier alpha value is -2.14. The van der Waals surface area contributed by atoms with Crippen LogP contribution in [0.2, 0.25) is 0 Å². The predicted octanol–water partition coefficient (Wildman–Crippen LogP) is 3.63. The van der Waals surface area contributed by atoms with Gasteiger partial charge < -0.3 is 10.1 Å². The molecule has 2 rings (SSSR count). The van der Waals surface area contributed by atoms with Crippen LogP contribution in [-0.2, 0) is 4.79 Å². The average molecular weight is 334 g/mol. The molecule has 2 aromatic rings. The molecular weight excluding hydrogens is 322 g/mol. The molecule has 1 N–H and O–H groups in total. The first-order valence-corrected chi connectivity index (χ1v) is 6.70. The normalized spacial score (nSPS) is 9.90. The van der Waals surface area contributed by atoms with Gasteiger partial charge in [0.2, 0.25) is 0 Å². The molecule has 0 saturated heterocycles. The molecule has 0 unspecified atom stereocenters. The minimum Gasteiger partial charge on any atom is -0.426 e. The molecule has 0 aliphatic heterocycles. The Morgan fingerprint density at radius 1 is 1.10 bits per heavy atom. The summed E-state index contributed by atoms with van der Waals surface area (Å²) in [5.74, 6) is -0.580. The average Bonchev–Trinajstić information content (AvgIpc) is 2.41. The van der Waals surface area contributed by atoms with E-state index in [4.69, 9.17) is 4.74 Å². The summed E-state index contributed by atoms with van der Waals surface area (Å²) >= 11 is 3.30. The third-order valence-corrected chi connectivity index (χ3v) is 2.96. The second-order valence-electron chi connectivity index (χ2n) is 4.05. The summed E-state index contributed by atoms with van der Waals surface area (Å²) in [6, 6.07) is 14.0. The molecule has 4 nitrogen and oxygen atoms in total. The molecule has 0 heterocycles. The van der Waals surface area contributed by atoms with Crippen molar-refractivity contribution in [3.63, 3.8) is 0 Å². The third-order valence-electron chi connectivity index (χ3n) is 2.47. The van der Waals surface area contributed by atoms with E-state index in [1.54, 1.807) is 30.3 Å². The number of para-hydroxylation sites is 1. The molecule has 0 aliphatic rings. The van der Waals surface area contributed by atoms with Crippen LogP contribution in [0.25, 0.3) is 0 Å². The van der Waals surface area contributed by atoms with Crippen molar-refractivity contribution in [3.8, 4) is 5.75 Å². The van der Waals surface area contributed by atoms with Crippen LogP contribution >= 0.6 is 15.9 Å². The summed E-state index contributed by atoms with van der Waals surface area (Å²) < 4.78 is 5.77. The zero-order valence-electron chi connectivity index (χ0n) is 10.7. The first-order valence-electron chi connectivity index (χ1n) is 5.90. The van der Waals surface area contributed by atoms with Gasteiger partial charge in [-0.25, -0.2) is 0 Å². The molecule has 0 aliphatic carbocycles. The summed E-state index contributed by atoms with van der Waals surface area (Å²) in [6.45, 7) is 1.29. The maximum Gasteiger partial charge on any atom is 0.308 e. The maximum atomic E-state index is 12.2. The second-order valence-corrected chi connectivity index (χ2v) is 4.97. The van der Waals surface area contributed by atoms with Crippen molar-refractivity contribution in [2.75, 3.05) is 5.32 Å². The molecule has 2 aromatic carbocycles. The highest BCUT2D eigenvalue weighted by Crippen LogP contribution is 2.24. The van der Waals surface area contributed by atoms with E-state index in [2.05, 4.69) is 21.2 Å². The number of hydrogen-bond donors (Lipinski definition) is 1. The van der Waals surface area contributed by atoms with E-state index in [9.17, 15) is 9.59 Å². The Kier molecular flexibility index (Phi) is 4.53. The largest absolute Gasteiger partial charge is 0.426 e. The lowest BCUT2D eigenvalue weighted by molar-refractivity contribution is -0.131. The fraction of sp³-hybridized carbons (Fsp3) is 0.0667. The van der Waals surface area contributed by atoms with Gasteiger partial charge in [-0.3, -0.25) is 9.59 Å². The van der Waals surface area contributed by atoms with E-state index < -0.39 is 5.97 Å². The fourth-order valence-corrected chi connectivity index (χ4v) is 2.00. The molecule has 0 spiro atoms. The van der Waals surface area contributed by atoms with Crippen LogP contribution in [0, 0.1) is 0 Å². The highest BCUT2D eigenvalue weighted by Gasteiger charge is 2.15. The van der Waals surface area contributed by atoms with Crippen molar-refractivity contribution in [3.05, 3.63) is 58.6 Å². The van der Waals surface area contributed by atoms with Gasteiger partial charge in [-0.1, -0.05) is 34.1 Å². The van der Waals surface area contributed by atoms with Crippen molar-refractivity contribution in [1.29, 1.82) is 0 Å². The molecule has 0 saturated carbocycles. The fourth-order valence-electron chi connectivity index (χ4n) is 1.64. The lowest BCUT2D eigenvalue weighted by atomic mass is 10.2. The molecule has 0 atom stereocenters. The Bertz CT molecular complexity index is 641. The number of carbonyl (C=O) groups is 2.